The summed E-state index contributed by atoms with van der Waals surface area (Å²) in [6.45, 7) is 0. The standard InChI is InChI=1S/C16H18FNO/c17-13-9-5-6-10-14(13)18-16(19)15-11-7-3-1-2-4-8-12(11)15/h3,5-7,9-12,15H,1-2,4,8H2,(H,18,19). The number of amides is 1. The van der Waals surface area contributed by atoms with Crippen LogP contribution in [-0.4, -0.2) is 5.91 Å². The maximum atomic E-state index is 13.5. The molecule has 2 aliphatic rings. The molecule has 1 amide bonds. The number of rotatable bonds is 2. The van der Waals surface area contributed by atoms with Gasteiger partial charge in [0.15, 0.2) is 0 Å². The second kappa shape index (κ2) is 5.16. The van der Waals surface area contributed by atoms with Gasteiger partial charge in [-0.05, 0) is 43.2 Å². The first-order valence-corrected chi connectivity index (χ1v) is 6.99. The van der Waals surface area contributed by atoms with Gasteiger partial charge < -0.3 is 5.32 Å². The SMILES string of the molecule is O=C(Nc1ccccc1F)C1C2C=CCCCCC21. The molecular formula is C16H18FNO. The molecule has 2 nitrogen and oxygen atoms in total. The molecule has 0 radical (unpaired) electrons. The lowest BCUT2D eigenvalue weighted by Gasteiger charge is -2.05. The normalized spacial score (nSPS) is 29.0. The third-order valence-electron chi connectivity index (χ3n) is 4.18. The minimum Gasteiger partial charge on any atom is -0.323 e. The van der Waals surface area contributed by atoms with Crippen LogP contribution in [0.3, 0.4) is 0 Å². The van der Waals surface area contributed by atoms with E-state index < -0.39 is 0 Å². The van der Waals surface area contributed by atoms with E-state index >= 15 is 0 Å². The number of benzene rings is 1. The van der Waals surface area contributed by atoms with Crippen molar-refractivity contribution in [3.8, 4) is 0 Å². The number of carbonyl (C=O) groups excluding carboxylic acids is 1. The van der Waals surface area contributed by atoms with Crippen molar-refractivity contribution in [3.05, 3.63) is 42.2 Å². The zero-order chi connectivity index (χ0) is 13.2. The molecule has 3 unspecified atom stereocenters. The van der Waals surface area contributed by atoms with Crippen LogP contribution >= 0.6 is 0 Å². The Balaban J connectivity index is 1.67. The summed E-state index contributed by atoms with van der Waals surface area (Å²) < 4.78 is 13.5. The average molecular weight is 259 g/mol. The second-order valence-corrected chi connectivity index (χ2v) is 5.45. The lowest BCUT2D eigenvalue weighted by atomic mass is 10.1. The molecule has 19 heavy (non-hydrogen) atoms. The van der Waals surface area contributed by atoms with Crippen LogP contribution in [0, 0.1) is 23.6 Å². The molecule has 0 heterocycles. The van der Waals surface area contributed by atoms with Gasteiger partial charge in [-0.3, -0.25) is 4.79 Å². The van der Waals surface area contributed by atoms with Crippen molar-refractivity contribution in [2.45, 2.75) is 25.7 Å². The van der Waals surface area contributed by atoms with Gasteiger partial charge in [0.1, 0.15) is 5.82 Å². The number of halogens is 1. The Morgan fingerprint density at radius 3 is 2.95 bits per heavy atom. The highest BCUT2D eigenvalue weighted by Gasteiger charge is 2.52. The van der Waals surface area contributed by atoms with E-state index in [2.05, 4.69) is 17.5 Å². The minimum absolute atomic E-state index is 0.0355. The molecule has 1 aromatic carbocycles. The van der Waals surface area contributed by atoms with E-state index in [0.29, 0.717) is 11.8 Å². The number of fused-ring (bicyclic) bond motifs is 1. The van der Waals surface area contributed by atoms with Gasteiger partial charge in [-0.15, -0.1) is 0 Å². The first-order valence-electron chi connectivity index (χ1n) is 6.99. The van der Waals surface area contributed by atoms with Crippen molar-refractivity contribution >= 4 is 11.6 Å². The fourth-order valence-electron chi connectivity index (χ4n) is 3.08. The van der Waals surface area contributed by atoms with Gasteiger partial charge in [-0.25, -0.2) is 4.39 Å². The molecule has 0 aliphatic heterocycles. The number of hydrogen-bond donors (Lipinski definition) is 1. The number of allylic oxidation sites excluding steroid dienone is 2. The van der Waals surface area contributed by atoms with Gasteiger partial charge in [-0.1, -0.05) is 30.7 Å². The topological polar surface area (TPSA) is 29.1 Å². The van der Waals surface area contributed by atoms with Crippen molar-refractivity contribution < 1.29 is 9.18 Å². The number of carbonyl (C=O) groups is 1. The van der Waals surface area contributed by atoms with Crippen molar-refractivity contribution in [2.24, 2.45) is 17.8 Å². The van der Waals surface area contributed by atoms with E-state index in [1.807, 2.05) is 0 Å². The van der Waals surface area contributed by atoms with Crippen LogP contribution in [-0.2, 0) is 4.79 Å². The number of para-hydroxylation sites is 1. The van der Waals surface area contributed by atoms with Gasteiger partial charge in [0, 0.05) is 5.92 Å². The molecular weight excluding hydrogens is 241 g/mol. The van der Waals surface area contributed by atoms with Gasteiger partial charge in [-0.2, -0.15) is 0 Å². The Kier molecular flexibility index (Phi) is 3.36. The maximum Gasteiger partial charge on any atom is 0.228 e. The molecule has 3 heteroatoms. The largest absolute Gasteiger partial charge is 0.323 e. The minimum atomic E-state index is -0.371. The van der Waals surface area contributed by atoms with E-state index in [-0.39, 0.29) is 23.3 Å². The van der Waals surface area contributed by atoms with Crippen LogP contribution in [0.5, 0.6) is 0 Å². The Morgan fingerprint density at radius 1 is 1.26 bits per heavy atom. The molecule has 100 valence electrons. The summed E-state index contributed by atoms with van der Waals surface area (Å²) in [5, 5.41) is 2.72. The molecule has 0 bridgehead atoms. The van der Waals surface area contributed by atoms with Crippen molar-refractivity contribution in [1.29, 1.82) is 0 Å². The molecule has 0 spiro atoms. The summed E-state index contributed by atoms with van der Waals surface area (Å²) in [5.41, 5.74) is 0.288. The highest BCUT2D eigenvalue weighted by atomic mass is 19.1. The fraction of sp³-hybridized carbons (Fsp3) is 0.438. The quantitative estimate of drug-likeness (QED) is 0.805. The summed E-state index contributed by atoms with van der Waals surface area (Å²) in [7, 11) is 0. The monoisotopic (exact) mass is 259 g/mol. The van der Waals surface area contributed by atoms with Crippen LogP contribution in [0.2, 0.25) is 0 Å². The number of hydrogen-bond acceptors (Lipinski definition) is 1. The van der Waals surface area contributed by atoms with Crippen molar-refractivity contribution in [1.82, 2.24) is 0 Å². The summed E-state index contributed by atoms with van der Waals surface area (Å²) in [6, 6.07) is 6.33. The first kappa shape index (κ1) is 12.4. The predicted molar refractivity (Wildman–Crippen MR) is 73.1 cm³/mol. The van der Waals surface area contributed by atoms with E-state index in [1.165, 1.54) is 18.9 Å². The highest BCUT2D eigenvalue weighted by molar-refractivity contribution is 5.95. The summed E-state index contributed by atoms with van der Waals surface area (Å²) in [4.78, 5) is 12.2. The molecule has 1 aromatic rings. The van der Waals surface area contributed by atoms with Crippen LogP contribution in [0.25, 0.3) is 0 Å². The molecule has 0 aromatic heterocycles. The van der Waals surface area contributed by atoms with Gasteiger partial charge >= 0.3 is 0 Å². The van der Waals surface area contributed by atoms with Gasteiger partial charge in [0.2, 0.25) is 5.91 Å². The number of nitrogens with one attached hydrogen (secondary N) is 1. The predicted octanol–water partition coefficient (Wildman–Crippen LogP) is 3.76. The van der Waals surface area contributed by atoms with E-state index in [1.54, 1.807) is 18.2 Å². The lowest BCUT2D eigenvalue weighted by molar-refractivity contribution is -0.117. The highest BCUT2D eigenvalue weighted by Crippen LogP contribution is 2.51. The molecule has 1 saturated carbocycles. The molecule has 0 saturated heterocycles. The summed E-state index contributed by atoms with van der Waals surface area (Å²) >= 11 is 0. The second-order valence-electron chi connectivity index (χ2n) is 5.45. The maximum absolute atomic E-state index is 13.5. The zero-order valence-corrected chi connectivity index (χ0v) is 10.8. The smallest absolute Gasteiger partial charge is 0.228 e. The van der Waals surface area contributed by atoms with E-state index in [0.717, 1.165) is 12.8 Å². The number of anilines is 1. The lowest BCUT2D eigenvalue weighted by Crippen LogP contribution is -2.16. The van der Waals surface area contributed by atoms with E-state index in [9.17, 15) is 9.18 Å². The Labute approximate surface area is 112 Å². The van der Waals surface area contributed by atoms with Crippen LogP contribution in [0.1, 0.15) is 25.7 Å². The zero-order valence-electron chi connectivity index (χ0n) is 10.8. The third kappa shape index (κ3) is 2.55. The molecule has 3 atom stereocenters. The summed E-state index contributed by atoms with van der Waals surface area (Å²) in [5.74, 6) is 0.459. The third-order valence-corrected chi connectivity index (χ3v) is 4.18. The Hall–Kier alpha value is -1.64. The molecule has 1 fully saturated rings. The Morgan fingerprint density at radius 2 is 2.11 bits per heavy atom. The Bertz CT molecular complexity index is 511. The van der Waals surface area contributed by atoms with Crippen LogP contribution in [0.15, 0.2) is 36.4 Å². The first-order chi connectivity index (χ1) is 9.27. The van der Waals surface area contributed by atoms with Gasteiger partial charge in [0.25, 0.3) is 0 Å². The molecule has 3 rings (SSSR count). The van der Waals surface area contributed by atoms with Gasteiger partial charge in [0.05, 0.1) is 5.69 Å². The summed E-state index contributed by atoms with van der Waals surface area (Å²) in [6.07, 6.45) is 8.99. The molecule has 1 N–H and O–H groups in total. The van der Waals surface area contributed by atoms with Crippen LogP contribution in [0.4, 0.5) is 10.1 Å². The average Bonchev–Trinajstić information content (AvgIpc) is 3.03. The van der Waals surface area contributed by atoms with Crippen molar-refractivity contribution in [2.75, 3.05) is 5.32 Å². The fourth-order valence-corrected chi connectivity index (χ4v) is 3.08. The molecule has 2 aliphatic carbocycles. The van der Waals surface area contributed by atoms with Crippen molar-refractivity contribution in [3.63, 3.8) is 0 Å². The van der Waals surface area contributed by atoms with Crippen LogP contribution < -0.4 is 5.32 Å². The van der Waals surface area contributed by atoms with E-state index in [4.69, 9.17) is 0 Å².